The Morgan fingerprint density at radius 1 is 1.33 bits per heavy atom. The molecule has 2 rings (SSSR count). The molecule has 0 aromatic heterocycles. The minimum absolute atomic E-state index is 0.144. The number of hydrogen-bond donors (Lipinski definition) is 1. The highest BCUT2D eigenvalue weighted by Gasteiger charge is 2.30. The van der Waals surface area contributed by atoms with Gasteiger partial charge in [-0.05, 0) is 31.8 Å². The third-order valence-corrected chi connectivity index (χ3v) is 2.81. The van der Waals surface area contributed by atoms with Crippen molar-refractivity contribution < 1.29 is 9.84 Å². The summed E-state index contributed by atoms with van der Waals surface area (Å²) in [6, 6.07) is 0. The van der Waals surface area contributed by atoms with Gasteiger partial charge in [0.1, 0.15) is 0 Å². The Labute approximate surface area is 73.2 Å². The molecule has 1 heterocycles. The van der Waals surface area contributed by atoms with E-state index in [-0.39, 0.29) is 6.10 Å². The number of ether oxygens (including phenoxy) is 1. The maximum atomic E-state index is 9.62. The quantitative estimate of drug-likeness (QED) is 0.647. The van der Waals surface area contributed by atoms with Gasteiger partial charge in [-0.25, -0.2) is 0 Å². The molecule has 0 aromatic rings. The summed E-state index contributed by atoms with van der Waals surface area (Å²) in [6.45, 7) is 0.842. The van der Waals surface area contributed by atoms with Gasteiger partial charge in [0.25, 0.3) is 0 Å². The molecule has 0 radical (unpaired) electrons. The second-order valence-corrected chi connectivity index (χ2v) is 3.70. The van der Waals surface area contributed by atoms with Crippen molar-refractivity contribution in [2.75, 3.05) is 6.61 Å². The van der Waals surface area contributed by atoms with E-state index in [0.717, 1.165) is 44.5 Å². The molecular formula is C10H16O2. The van der Waals surface area contributed by atoms with Crippen molar-refractivity contribution in [1.29, 1.82) is 0 Å². The smallest absolute Gasteiger partial charge is 0.0976 e. The minimum Gasteiger partial charge on any atom is -0.498 e. The van der Waals surface area contributed by atoms with E-state index in [2.05, 4.69) is 6.08 Å². The van der Waals surface area contributed by atoms with Gasteiger partial charge < -0.3 is 9.84 Å². The van der Waals surface area contributed by atoms with Gasteiger partial charge in [0, 0.05) is 5.92 Å². The van der Waals surface area contributed by atoms with Crippen LogP contribution in [-0.2, 0) is 4.74 Å². The van der Waals surface area contributed by atoms with E-state index in [4.69, 9.17) is 4.74 Å². The van der Waals surface area contributed by atoms with Crippen LogP contribution in [-0.4, -0.2) is 17.8 Å². The third-order valence-electron chi connectivity index (χ3n) is 2.81. The van der Waals surface area contributed by atoms with E-state index >= 15 is 0 Å². The molecule has 1 N–H and O–H groups in total. The normalized spacial score (nSPS) is 35.9. The lowest BCUT2D eigenvalue weighted by molar-refractivity contribution is 0.0891. The molecule has 0 unspecified atom stereocenters. The molecule has 68 valence electrons. The zero-order chi connectivity index (χ0) is 8.39. The fraction of sp³-hybridized carbons (Fsp3) is 0.800. The summed E-state index contributed by atoms with van der Waals surface area (Å²) in [5, 5.41) is 9.62. The fourth-order valence-corrected chi connectivity index (χ4v) is 2.11. The Kier molecular flexibility index (Phi) is 2.35. The molecule has 12 heavy (non-hydrogen) atoms. The Morgan fingerprint density at radius 3 is 2.83 bits per heavy atom. The summed E-state index contributed by atoms with van der Waals surface area (Å²) >= 11 is 0. The largest absolute Gasteiger partial charge is 0.498 e. The van der Waals surface area contributed by atoms with Crippen molar-refractivity contribution in [2.24, 2.45) is 5.92 Å². The zero-order valence-electron chi connectivity index (χ0n) is 7.33. The Hall–Kier alpha value is -0.500. The van der Waals surface area contributed by atoms with Gasteiger partial charge in [-0.15, -0.1) is 0 Å². The number of allylic oxidation sites excluding steroid dienone is 1. The van der Waals surface area contributed by atoms with Crippen molar-refractivity contribution in [1.82, 2.24) is 0 Å². The van der Waals surface area contributed by atoms with E-state index in [1.54, 1.807) is 0 Å². The summed E-state index contributed by atoms with van der Waals surface area (Å²) in [5.74, 6) is 1.37. The summed E-state index contributed by atoms with van der Waals surface area (Å²) in [7, 11) is 0. The van der Waals surface area contributed by atoms with Crippen LogP contribution in [0.3, 0.4) is 0 Å². The van der Waals surface area contributed by atoms with Crippen LogP contribution >= 0.6 is 0 Å². The number of aliphatic hydroxyl groups is 1. The van der Waals surface area contributed by atoms with Crippen LogP contribution in [0.5, 0.6) is 0 Å². The molecule has 1 aliphatic carbocycles. The van der Waals surface area contributed by atoms with E-state index in [9.17, 15) is 5.11 Å². The van der Waals surface area contributed by atoms with Crippen molar-refractivity contribution in [3.05, 3.63) is 11.8 Å². The third kappa shape index (κ3) is 1.48. The topological polar surface area (TPSA) is 29.5 Å². The van der Waals surface area contributed by atoms with Crippen LogP contribution in [0.25, 0.3) is 0 Å². The molecule has 2 atom stereocenters. The molecule has 1 aliphatic heterocycles. The average molecular weight is 168 g/mol. The molecule has 2 heteroatoms. The van der Waals surface area contributed by atoms with Crippen LogP contribution in [0.4, 0.5) is 0 Å². The van der Waals surface area contributed by atoms with Crippen molar-refractivity contribution in [2.45, 2.75) is 38.2 Å². The molecular weight excluding hydrogens is 152 g/mol. The molecule has 2 nitrogen and oxygen atoms in total. The summed E-state index contributed by atoms with van der Waals surface area (Å²) in [4.78, 5) is 0. The Balaban J connectivity index is 2.02. The van der Waals surface area contributed by atoms with Gasteiger partial charge in [-0.1, -0.05) is 6.42 Å². The second-order valence-electron chi connectivity index (χ2n) is 3.70. The van der Waals surface area contributed by atoms with Gasteiger partial charge in [0.15, 0.2) is 0 Å². The fourth-order valence-electron chi connectivity index (χ4n) is 2.11. The average Bonchev–Trinajstić information content (AvgIpc) is 2.53. The monoisotopic (exact) mass is 168 g/mol. The highest BCUT2D eigenvalue weighted by Crippen LogP contribution is 2.33. The number of rotatable bonds is 1. The Bertz CT molecular complexity index is 186. The lowest BCUT2D eigenvalue weighted by Crippen LogP contribution is -2.19. The first-order valence-corrected chi connectivity index (χ1v) is 4.89. The van der Waals surface area contributed by atoms with Crippen molar-refractivity contribution >= 4 is 0 Å². The summed E-state index contributed by atoms with van der Waals surface area (Å²) < 4.78 is 5.53. The predicted molar refractivity (Wildman–Crippen MR) is 46.6 cm³/mol. The van der Waals surface area contributed by atoms with E-state index in [1.165, 1.54) is 0 Å². The highest BCUT2D eigenvalue weighted by molar-refractivity contribution is 5.05. The van der Waals surface area contributed by atoms with Crippen LogP contribution in [0, 0.1) is 5.92 Å². The van der Waals surface area contributed by atoms with Gasteiger partial charge >= 0.3 is 0 Å². The van der Waals surface area contributed by atoms with Gasteiger partial charge in [0.2, 0.25) is 0 Å². The standard InChI is InChI=1S/C10H16O2/c11-9-5-3-4-8(9)10-6-1-2-7-12-10/h6,8-9,11H,1-5,7H2/t8-,9-/m1/s1. The summed E-state index contributed by atoms with van der Waals surface area (Å²) in [6.07, 6.45) is 7.47. The first-order valence-electron chi connectivity index (χ1n) is 4.89. The van der Waals surface area contributed by atoms with Crippen LogP contribution in [0.15, 0.2) is 11.8 Å². The molecule has 1 fully saturated rings. The van der Waals surface area contributed by atoms with Gasteiger partial charge in [0.05, 0.1) is 18.5 Å². The van der Waals surface area contributed by atoms with Gasteiger partial charge in [-0.3, -0.25) is 0 Å². The number of aliphatic hydroxyl groups excluding tert-OH is 1. The lowest BCUT2D eigenvalue weighted by Gasteiger charge is -2.22. The van der Waals surface area contributed by atoms with Crippen LogP contribution < -0.4 is 0 Å². The number of hydrogen-bond acceptors (Lipinski definition) is 2. The van der Waals surface area contributed by atoms with E-state index in [1.807, 2.05) is 0 Å². The molecule has 0 amide bonds. The molecule has 0 spiro atoms. The molecule has 1 saturated carbocycles. The minimum atomic E-state index is -0.144. The first kappa shape index (κ1) is 8.11. The lowest BCUT2D eigenvalue weighted by atomic mass is 10.0. The molecule has 0 aromatic carbocycles. The maximum Gasteiger partial charge on any atom is 0.0976 e. The molecule has 2 aliphatic rings. The van der Waals surface area contributed by atoms with Gasteiger partial charge in [-0.2, -0.15) is 0 Å². The maximum absolute atomic E-state index is 9.62. The summed E-state index contributed by atoms with van der Waals surface area (Å²) in [5.41, 5.74) is 0. The van der Waals surface area contributed by atoms with E-state index < -0.39 is 0 Å². The van der Waals surface area contributed by atoms with Crippen molar-refractivity contribution in [3.8, 4) is 0 Å². The molecule has 0 saturated heterocycles. The first-order chi connectivity index (χ1) is 5.88. The molecule has 0 bridgehead atoms. The van der Waals surface area contributed by atoms with Crippen LogP contribution in [0.1, 0.15) is 32.1 Å². The second kappa shape index (κ2) is 3.48. The zero-order valence-corrected chi connectivity index (χ0v) is 7.33. The Morgan fingerprint density at radius 2 is 2.25 bits per heavy atom. The highest BCUT2D eigenvalue weighted by atomic mass is 16.5. The van der Waals surface area contributed by atoms with Crippen LogP contribution in [0.2, 0.25) is 0 Å². The SMILES string of the molecule is O[C@@H]1CCC[C@H]1C1=CCCCO1. The van der Waals surface area contributed by atoms with E-state index in [0.29, 0.717) is 5.92 Å². The van der Waals surface area contributed by atoms with Crippen molar-refractivity contribution in [3.63, 3.8) is 0 Å². The predicted octanol–water partition coefficient (Wildman–Crippen LogP) is 1.84.